The average Bonchev–Trinajstić information content (AvgIpc) is 2.25. The molecule has 0 fully saturated rings. The van der Waals surface area contributed by atoms with Gasteiger partial charge in [-0.15, -0.1) is 0 Å². The van der Waals surface area contributed by atoms with E-state index in [9.17, 15) is 4.79 Å². The topological polar surface area (TPSA) is 32.3 Å². The highest BCUT2D eigenvalue weighted by atomic mass is 16.2. The molecule has 0 aromatic heterocycles. The monoisotopic (exact) mass is 218 g/mol. The summed E-state index contributed by atoms with van der Waals surface area (Å²) in [5.41, 5.74) is 2.74. The summed E-state index contributed by atoms with van der Waals surface area (Å²) in [5.74, 6) is 0.105. The van der Waals surface area contributed by atoms with Crippen molar-refractivity contribution in [2.75, 3.05) is 17.3 Å². The fraction of sp³-hybridized carbons (Fsp3) is 0.462. The molecule has 0 radical (unpaired) electrons. The number of aryl methyl sites for hydroxylation is 1. The van der Waals surface area contributed by atoms with Gasteiger partial charge in [0.05, 0.1) is 11.4 Å². The lowest BCUT2D eigenvalue weighted by Crippen LogP contribution is -2.52. The average molecular weight is 218 g/mol. The highest BCUT2D eigenvalue weighted by Crippen LogP contribution is 2.34. The number of hydrogen-bond acceptors (Lipinski definition) is 2. The van der Waals surface area contributed by atoms with E-state index in [1.807, 2.05) is 20.9 Å². The number of likely N-dealkylation sites (N-methyl/N-ethyl adjacent to an activating group) is 1. The first-order valence-electron chi connectivity index (χ1n) is 5.65. The van der Waals surface area contributed by atoms with Gasteiger partial charge in [-0.3, -0.25) is 4.79 Å². The summed E-state index contributed by atoms with van der Waals surface area (Å²) in [6, 6.07) is 6.24. The van der Waals surface area contributed by atoms with Crippen LogP contribution in [0.5, 0.6) is 0 Å². The summed E-state index contributed by atoms with van der Waals surface area (Å²) in [7, 11) is 1.84. The molecule has 1 aromatic rings. The van der Waals surface area contributed by atoms with E-state index in [1.54, 1.807) is 4.90 Å². The van der Waals surface area contributed by atoms with Crippen molar-refractivity contribution in [3.63, 3.8) is 0 Å². The first kappa shape index (κ1) is 11.0. The van der Waals surface area contributed by atoms with Crippen molar-refractivity contribution >= 4 is 17.3 Å². The maximum absolute atomic E-state index is 12.1. The van der Waals surface area contributed by atoms with Gasteiger partial charge >= 0.3 is 0 Å². The predicted octanol–water partition coefficient (Wildman–Crippen LogP) is 2.42. The third-order valence-electron chi connectivity index (χ3n) is 3.12. The summed E-state index contributed by atoms with van der Waals surface area (Å²) in [4.78, 5) is 13.8. The van der Waals surface area contributed by atoms with Crippen LogP contribution in [0.2, 0.25) is 0 Å². The normalized spacial score (nSPS) is 18.0. The van der Waals surface area contributed by atoms with Crippen LogP contribution in [0.25, 0.3) is 0 Å². The second-order valence-electron chi connectivity index (χ2n) is 4.82. The molecule has 0 aliphatic carbocycles. The third-order valence-corrected chi connectivity index (χ3v) is 3.12. The van der Waals surface area contributed by atoms with Crippen LogP contribution in [0.3, 0.4) is 0 Å². The zero-order valence-electron chi connectivity index (χ0n) is 10.3. The molecule has 0 saturated carbocycles. The molecule has 1 aliphatic heterocycles. The molecule has 3 nitrogen and oxygen atoms in total. The number of fused-ring (bicyclic) bond motifs is 1. The minimum atomic E-state index is -0.518. The van der Waals surface area contributed by atoms with Crippen LogP contribution in [0.1, 0.15) is 26.3 Å². The molecular formula is C13H18N2O. The number of benzene rings is 1. The van der Waals surface area contributed by atoms with Gasteiger partial charge in [-0.25, -0.2) is 0 Å². The van der Waals surface area contributed by atoms with E-state index < -0.39 is 5.54 Å². The van der Waals surface area contributed by atoms with E-state index >= 15 is 0 Å². The Bertz CT molecular complexity index is 438. The van der Waals surface area contributed by atoms with Crippen molar-refractivity contribution < 1.29 is 4.79 Å². The van der Waals surface area contributed by atoms with Gasteiger partial charge in [0, 0.05) is 7.05 Å². The molecule has 1 aliphatic rings. The van der Waals surface area contributed by atoms with Gasteiger partial charge in [-0.1, -0.05) is 13.0 Å². The summed E-state index contributed by atoms with van der Waals surface area (Å²) in [6.07, 6.45) is 0.985. The molecule has 1 aromatic carbocycles. The molecule has 0 saturated heterocycles. The molecule has 2 rings (SSSR count). The number of anilines is 2. The van der Waals surface area contributed by atoms with E-state index in [1.165, 1.54) is 5.56 Å². The Hall–Kier alpha value is -1.51. The number of nitrogens with zero attached hydrogens (tertiary/aromatic N) is 1. The fourth-order valence-electron chi connectivity index (χ4n) is 2.10. The molecule has 86 valence electrons. The van der Waals surface area contributed by atoms with E-state index in [2.05, 4.69) is 30.4 Å². The molecule has 1 heterocycles. The highest BCUT2D eigenvalue weighted by Gasteiger charge is 2.36. The Morgan fingerprint density at radius 2 is 2.06 bits per heavy atom. The molecule has 0 atom stereocenters. The van der Waals surface area contributed by atoms with E-state index in [4.69, 9.17) is 0 Å². The van der Waals surface area contributed by atoms with Crippen molar-refractivity contribution in [3.05, 3.63) is 23.8 Å². The maximum Gasteiger partial charge on any atom is 0.251 e. The van der Waals surface area contributed by atoms with Crippen LogP contribution in [-0.4, -0.2) is 18.5 Å². The highest BCUT2D eigenvalue weighted by molar-refractivity contribution is 6.07. The van der Waals surface area contributed by atoms with Gasteiger partial charge < -0.3 is 10.2 Å². The van der Waals surface area contributed by atoms with Crippen molar-refractivity contribution in [2.45, 2.75) is 32.7 Å². The van der Waals surface area contributed by atoms with Gasteiger partial charge in [0.1, 0.15) is 5.54 Å². The Morgan fingerprint density at radius 1 is 1.38 bits per heavy atom. The molecule has 16 heavy (non-hydrogen) atoms. The number of rotatable bonds is 1. The standard InChI is InChI=1S/C13H18N2O/c1-5-9-6-7-10-11(8-9)15(4)12(16)13(2,3)14-10/h6-8,14H,5H2,1-4H3. The first-order chi connectivity index (χ1) is 7.45. The summed E-state index contributed by atoms with van der Waals surface area (Å²) < 4.78 is 0. The van der Waals surface area contributed by atoms with Crippen LogP contribution in [-0.2, 0) is 11.2 Å². The first-order valence-corrected chi connectivity index (χ1v) is 5.65. The van der Waals surface area contributed by atoms with Crippen LogP contribution >= 0.6 is 0 Å². The molecule has 1 N–H and O–H groups in total. The van der Waals surface area contributed by atoms with E-state index in [-0.39, 0.29) is 5.91 Å². The predicted molar refractivity (Wildman–Crippen MR) is 66.9 cm³/mol. The second-order valence-corrected chi connectivity index (χ2v) is 4.82. The Kier molecular flexibility index (Phi) is 2.41. The molecule has 0 unspecified atom stereocenters. The summed E-state index contributed by atoms with van der Waals surface area (Å²) in [6.45, 7) is 5.93. The lowest BCUT2D eigenvalue weighted by molar-refractivity contribution is -0.121. The molecule has 0 bridgehead atoms. The number of amides is 1. The molecule has 3 heteroatoms. The Morgan fingerprint density at radius 3 is 2.69 bits per heavy atom. The maximum atomic E-state index is 12.1. The minimum Gasteiger partial charge on any atom is -0.370 e. The van der Waals surface area contributed by atoms with E-state index in [0.717, 1.165) is 17.8 Å². The Balaban J connectivity index is 2.51. The summed E-state index contributed by atoms with van der Waals surface area (Å²) >= 11 is 0. The number of hydrogen-bond donors (Lipinski definition) is 1. The number of carbonyl (C=O) groups is 1. The lowest BCUT2D eigenvalue weighted by Gasteiger charge is -2.38. The quantitative estimate of drug-likeness (QED) is 0.785. The van der Waals surface area contributed by atoms with Crippen molar-refractivity contribution in [1.82, 2.24) is 0 Å². The minimum absolute atomic E-state index is 0.105. The SMILES string of the molecule is CCc1ccc2c(c1)N(C)C(=O)C(C)(C)N2. The largest absolute Gasteiger partial charge is 0.370 e. The van der Waals surface area contributed by atoms with Gasteiger partial charge in [0.25, 0.3) is 5.91 Å². The zero-order chi connectivity index (χ0) is 11.9. The van der Waals surface area contributed by atoms with Crippen LogP contribution in [0.4, 0.5) is 11.4 Å². The van der Waals surface area contributed by atoms with Crippen LogP contribution in [0, 0.1) is 0 Å². The van der Waals surface area contributed by atoms with Gasteiger partial charge in [-0.05, 0) is 38.0 Å². The van der Waals surface area contributed by atoms with Gasteiger partial charge in [0.15, 0.2) is 0 Å². The van der Waals surface area contributed by atoms with Crippen LogP contribution < -0.4 is 10.2 Å². The molecule has 0 spiro atoms. The zero-order valence-corrected chi connectivity index (χ0v) is 10.3. The number of nitrogens with one attached hydrogen (secondary N) is 1. The van der Waals surface area contributed by atoms with Crippen molar-refractivity contribution in [2.24, 2.45) is 0 Å². The van der Waals surface area contributed by atoms with Gasteiger partial charge in [-0.2, -0.15) is 0 Å². The van der Waals surface area contributed by atoms with E-state index in [0.29, 0.717) is 0 Å². The summed E-state index contributed by atoms with van der Waals surface area (Å²) in [5, 5.41) is 3.28. The van der Waals surface area contributed by atoms with Crippen molar-refractivity contribution in [1.29, 1.82) is 0 Å². The molecule has 1 amide bonds. The van der Waals surface area contributed by atoms with Gasteiger partial charge in [0.2, 0.25) is 0 Å². The number of carbonyl (C=O) groups excluding carboxylic acids is 1. The van der Waals surface area contributed by atoms with Crippen molar-refractivity contribution in [3.8, 4) is 0 Å². The smallest absolute Gasteiger partial charge is 0.251 e. The second kappa shape index (κ2) is 3.51. The third kappa shape index (κ3) is 1.56. The molecular weight excluding hydrogens is 200 g/mol. The van der Waals surface area contributed by atoms with Crippen LogP contribution in [0.15, 0.2) is 18.2 Å². The fourth-order valence-corrected chi connectivity index (χ4v) is 2.10. The lowest BCUT2D eigenvalue weighted by atomic mass is 9.97. The Labute approximate surface area is 96.5 Å².